The summed E-state index contributed by atoms with van der Waals surface area (Å²) in [7, 11) is 0. The highest BCUT2D eigenvalue weighted by Crippen LogP contribution is 2.36. The van der Waals surface area contributed by atoms with E-state index in [1.165, 1.54) is 31.2 Å². The standard InChI is InChI=1S/C14H17NO/c16-14-12-8-4-3-7-11(12)13(15-14)9-10-5-1-2-6-10/h3-4,7-8,10,13H,1-2,5-6,9H2,(H,15,16). The molecule has 0 spiro atoms. The highest BCUT2D eigenvalue weighted by molar-refractivity contribution is 5.99. The molecule has 1 heterocycles. The fourth-order valence-corrected chi connectivity index (χ4v) is 3.09. The van der Waals surface area contributed by atoms with Crippen molar-refractivity contribution in [2.75, 3.05) is 0 Å². The van der Waals surface area contributed by atoms with Crippen molar-refractivity contribution in [3.63, 3.8) is 0 Å². The van der Waals surface area contributed by atoms with Gasteiger partial charge in [-0.15, -0.1) is 0 Å². The van der Waals surface area contributed by atoms with Crippen LogP contribution in [0.15, 0.2) is 24.3 Å². The number of fused-ring (bicyclic) bond motifs is 1. The SMILES string of the molecule is O=C1NC(CC2CCCC2)c2ccccc21. The summed E-state index contributed by atoms with van der Waals surface area (Å²) >= 11 is 0. The first-order chi connectivity index (χ1) is 7.84. The van der Waals surface area contributed by atoms with Gasteiger partial charge < -0.3 is 5.32 Å². The molecule has 2 heteroatoms. The van der Waals surface area contributed by atoms with Crippen molar-refractivity contribution in [1.29, 1.82) is 0 Å². The first-order valence-corrected chi connectivity index (χ1v) is 6.24. The van der Waals surface area contributed by atoms with E-state index in [2.05, 4.69) is 11.4 Å². The average molecular weight is 215 g/mol. The second-order valence-corrected chi connectivity index (χ2v) is 5.00. The molecule has 0 radical (unpaired) electrons. The number of carbonyl (C=O) groups excluding carboxylic acids is 1. The smallest absolute Gasteiger partial charge is 0.252 e. The highest BCUT2D eigenvalue weighted by atomic mass is 16.2. The zero-order valence-corrected chi connectivity index (χ0v) is 9.41. The predicted molar refractivity (Wildman–Crippen MR) is 63.2 cm³/mol. The van der Waals surface area contributed by atoms with Gasteiger partial charge in [0.25, 0.3) is 5.91 Å². The number of hydrogen-bond donors (Lipinski definition) is 1. The molecule has 1 aliphatic heterocycles. The number of rotatable bonds is 2. The Labute approximate surface area is 96.1 Å². The summed E-state index contributed by atoms with van der Waals surface area (Å²) in [6, 6.07) is 8.26. The van der Waals surface area contributed by atoms with E-state index in [-0.39, 0.29) is 11.9 Å². The molecular weight excluding hydrogens is 198 g/mol. The van der Waals surface area contributed by atoms with Crippen LogP contribution in [0.3, 0.4) is 0 Å². The Balaban J connectivity index is 1.80. The molecule has 1 unspecified atom stereocenters. The van der Waals surface area contributed by atoms with E-state index in [1.807, 2.05) is 18.2 Å². The third kappa shape index (κ3) is 1.62. The molecular formula is C14H17NO. The number of nitrogens with one attached hydrogen (secondary N) is 1. The largest absolute Gasteiger partial charge is 0.345 e. The minimum absolute atomic E-state index is 0.110. The maximum atomic E-state index is 11.7. The molecule has 1 aromatic rings. The van der Waals surface area contributed by atoms with Crippen LogP contribution in [0.5, 0.6) is 0 Å². The quantitative estimate of drug-likeness (QED) is 0.807. The predicted octanol–water partition coefficient (Wildman–Crippen LogP) is 3.05. The van der Waals surface area contributed by atoms with Gasteiger partial charge in [0.2, 0.25) is 0 Å². The molecule has 1 fully saturated rings. The molecule has 16 heavy (non-hydrogen) atoms. The van der Waals surface area contributed by atoms with Crippen molar-refractivity contribution in [3.8, 4) is 0 Å². The summed E-state index contributed by atoms with van der Waals surface area (Å²) < 4.78 is 0. The Morgan fingerprint density at radius 3 is 2.75 bits per heavy atom. The van der Waals surface area contributed by atoms with Gasteiger partial charge in [0.15, 0.2) is 0 Å². The Morgan fingerprint density at radius 1 is 1.19 bits per heavy atom. The topological polar surface area (TPSA) is 29.1 Å². The van der Waals surface area contributed by atoms with Crippen LogP contribution in [0.2, 0.25) is 0 Å². The molecule has 0 bridgehead atoms. The lowest BCUT2D eigenvalue weighted by molar-refractivity contribution is 0.0952. The molecule has 0 saturated heterocycles. The summed E-state index contributed by atoms with van der Waals surface area (Å²) in [6.45, 7) is 0. The molecule has 1 aromatic carbocycles. The molecule has 1 N–H and O–H groups in total. The zero-order chi connectivity index (χ0) is 11.0. The summed E-state index contributed by atoms with van der Waals surface area (Å²) in [5.74, 6) is 0.926. The van der Waals surface area contributed by atoms with Crippen LogP contribution in [0.25, 0.3) is 0 Å². The lowest BCUT2D eigenvalue weighted by atomic mass is 9.94. The van der Waals surface area contributed by atoms with E-state index < -0.39 is 0 Å². The monoisotopic (exact) mass is 215 g/mol. The van der Waals surface area contributed by atoms with Gasteiger partial charge in [0.1, 0.15) is 0 Å². The average Bonchev–Trinajstić information content (AvgIpc) is 2.90. The van der Waals surface area contributed by atoms with E-state index >= 15 is 0 Å². The third-order valence-corrected chi connectivity index (χ3v) is 3.93. The van der Waals surface area contributed by atoms with Gasteiger partial charge in [-0.05, 0) is 24.0 Å². The van der Waals surface area contributed by atoms with Crippen LogP contribution in [0.4, 0.5) is 0 Å². The number of amides is 1. The van der Waals surface area contributed by atoms with Gasteiger partial charge in [0, 0.05) is 5.56 Å². The van der Waals surface area contributed by atoms with Crippen LogP contribution in [0, 0.1) is 5.92 Å². The van der Waals surface area contributed by atoms with Crippen LogP contribution in [0.1, 0.15) is 54.1 Å². The van der Waals surface area contributed by atoms with Crippen LogP contribution >= 0.6 is 0 Å². The van der Waals surface area contributed by atoms with Crippen LogP contribution in [-0.2, 0) is 0 Å². The fraction of sp³-hybridized carbons (Fsp3) is 0.500. The lowest BCUT2D eigenvalue weighted by Crippen LogP contribution is -2.20. The van der Waals surface area contributed by atoms with Gasteiger partial charge >= 0.3 is 0 Å². The molecule has 84 valence electrons. The van der Waals surface area contributed by atoms with E-state index in [0.29, 0.717) is 0 Å². The lowest BCUT2D eigenvalue weighted by Gasteiger charge is -2.16. The molecule has 3 rings (SSSR count). The molecule has 2 nitrogen and oxygen atoms in total. The van der Waals surface area contributed by atoms with Crippen molar-refractivity contribution in [2.45, 2.75) is 38.1 Å². The molecule has 2 aliphatic rings. The Morgan fingerprint density at radius 2 is 1.94 bits per heavy atom. The van der Waals surface area contributed by atoms with Crippen LogP contribution in [-0.4, -0.2) is 5.91 Å². The van der Waals surface area contributed by atoms with Crippen LogP contribution < -0.4 is 5.32 Å². The minimum atomic E-state index is 0.110. The number of benzene rings is 1. The van der Waals surface area contributed by atoms with Gasteiger partial charge in [0.05, 0.1) is 6.04 Å². The highest BCUT2D eigenvalue weighted by Gasteiger charge is 2.30. The maximum Gasteiger partial charge on any atom is 0.252 e. The summed E-state index contributed by atoms with van der Waals surface area (Å²) in [6.07, 6.45) is 6.55. The summed E-state index contributed by atoms with van der Waals surface area (Å²) in [5.41, 5.74) is 2.09. The zero-order valence-electron chi connectivity index (χ0n) is 9.41. The molecule has 1 amide bonds. The number of carbonyl (C=O) groups is 1. The Hall–Kier alpha value is -1.31. The first kappa shape index (κ1) is 9.88. The fourth-order valence-electron chi connectivity index (χ4n) is 3.09. The Kier molecular flexibility index (Phi) is 2.43. The van der Waals surface area contributed by atoms with Crippen molar-refractivity contribution in [2.24, 2.45) is 5.92 Å². The molecule has 1 saturated carbocycles. The van der Waals surface area contributed by atoms with Crippen molar-refractivity contribution >= 4 is 5.91 Å². The van der Waals surface area contributed by atoms with Crippen molar-refractivity contribution in [3.05, 3.63) is 35.4 Å². The van der Waals surface area contributed by atoms with E-state index in [0.717, 1.165) is 17.9 Å². The first-order valence-electron chi connectivity index (χ1n) is 6.24. The molecule has 1 atom stereocenters. The third-order valence-electron chi connectivity index (χ3n) is 3.93. The van der Waals surface area contributed by atoms with Gasteiger partial charge in [-0.25, -0.2) is 0 Å². The second-order valence-electron chi connectivity index (χ2n) is 5.00. The molecule has 0 aromatic heterocycles. The van der Waals surface area contributed by atoms with E-state index in [4.69, 9.17) is 0 Å². The van der Waals surface area contributed by atoms with Gasteiger partial charge in [-0.2, -0.15) is 0 Å². The number of hydrogen-bond acceptors (Lipinski definition) is 1. The maximum absolute atomic E-state index is 11.7. The van der Waals surface area contributed by atoms with E-state index in [1.54, 1.807) is 0 Å². The molecule has 1 aliphatic carbocycles. The van der Waals surface area contributed by atoms with Gasteiger partial charge in [-0.3, -0.25) is 4.79 Å². The summed E-state index contributed by atoms with van der Waals surface area (Å²) in [5, 5.41) is 3.11. The minimum Gasteiger partial charge on any atom is -0.345 e. The second kappa shape index (κ2) is 3.93. The van der Waals surface area contributed by atoms with Crippen molar-refractivity contribution < 1.29 is 4.79 Å². The van der Waals surface area contributed by atoms with E-state index in [9.17, 15) is 4.79 Å². The van der Waals surface area contributed by atoms with Crippen molar-refractivity contribution in [1.82, 2.24) is 5.32 Å². The summed E-state index contributed by atoms with van der Waals surface area (Å²) in [4.78, 5) is 11.7. The van der Waals surface area contributed by atoms with Gasteiger partial charge in [-0.1, -0.05) is 43.9 Å². The Bertz CT molecular complexity index is 407. The normalized spacial score (nSPS) is 24.5.